The molecule has 5 heteroatoms. The molecule has 2 atom stereocenters. The van der Waals surface area contributed by atoms with E-state index in [1.165, 1.54) is 0 Å². The van der Waals surface area contributed by atoms with Crippen molar-refractivity contribution in [2.45, 2.75) is 18.5 Å². The topological polar surface area (TPSA) is 12.5 Å². The largest absolute Gasteiger partial charge is 0.422 e. The van der Waals surface area contributed by atoms with Crippen LogP contribution in [0.2, 0.25) is 0 Å². The first kappa shape index (κ1) is 6.80. The molecule has 1 rings (SSSR count). The van der Waals surface area contributed by atoms with E-state index in [0.717, 1.165) is 0 Å². The summed E-state index contributed by atoms with van der Waals surface area (Å²) in [6.45, 7) is -0.110. The summed E-state index contributed by atoms with van der Waals surface area (Å²) in [6.07, 6.45) is -8.77. The second-order valence-corrected chi connectivity index (χ2v) is 1.82. The van der Waals surface area contributed by atoms with Crippen LogP contribution in [0.5, 0.6) is 0 Å². The second kappa shape index (κ2) is 1.83. The number of epoxide rings is 1. The molecule has 1 unspecified atom stereocenters. The van der Waals surface area contributed by atoms with Gasteiger partial charge in [-0.2, -0.15) is 13.2 Å². The van der Waals surface area contributed by atoms with Crippen molar-refractivity contribution in [3.63, 3.8) is 0 Å². The van der Waals surface area contributed by atoms with E-state index in [1.807, 2.05) is 0 Å². The van der Waals surface area contributed by atoms with Crippen molar-refractivity contribution < 1.29 is 22.3 Å². The summed E-state index contributed by atoms with van der Waals surface area (Å²) in [5.41, 5.74) is 0. The zero-order valence-corrected chi connectivity index (χ0v) is 4.28. The average Bonchev–Trinajstić information content (AvgIpc) is 2.40. The van der Waals surface area contributed by atoms with Gasteiger partial charge >= 0.3 is 6.18 Å². The van der Waals surface area contributed by atoms with Gasteiger partial charge in [0.15, 0.2) is 0 Å². The third-order valence-corrected chi connectivity index (χ3v) is 0.998. The Labute approximate surface area is 48.6 Å². The van der Waals surface area contributed by atoms with Gasteiger partial charge in [0.25, 0.3) is 0 Å². The van der Waals surface area contributed by atoms with Gasteiger partial charge in [-0.3, -0.25) is 0 Å². The first-order valence-corrected chi connectivity index (χ1v) is 2.34. The van der Waals surface area contributed by atoms with Crippen LogP contribution < -0.4 is 0 Å². The number of halogens is 4. The number of alkyl halides is 4. The van der Waals surface area contributed by atoms with Crippen molar-refractivity contribution >= 4 is 0 Å². The summed E-state index contributed by atoms with van der Waals surface area (Å²) in [7, 11) is 0. The zero-order valence-electron chi connectivity index (χ0n) is 4.28. The van der Waals surface area contributed by atoms with Crippen LogP contribution in [0.25, 0.3) is 0 Å². The minimum absolute atomic E-state index is 0.110. The highest BCUT2D eigenvalue weighted by Gasteiger charge is 2.51. The second-order valence-electron chi connectivity index (χ2n) is 1.82. The van der Waals surface area contributed by atoms with Crippen LogP contribution in [0.15, 0.2) is 0 Å². The predicted molar refractivity (Wildman–Crippen MR) is 20.7 cm³/mol. The minimum Gasteiger partial charge on any atom is -0.370 e. The molecule has 1 heterocycles. The normalized spacial score (nSPS) is 30.0. The summed E-state index contributed by atoms with van der Waals surface area (Å²) >= 11 is 0. The van der Waals surface area contributed by atoms with Crippen molar-refractivity contribution in [3.8, 4) is 0 Å². The van der Waals surface area contributed by atoms with Crippen LogP contribution in [0, 0.1) is 0 Å². The molecule has 1 aliphatic heterocycles. The fourth-order valence-corrected chi connectivity index (χ4v) is 0.435. The highest BCUT2D eigenvalue weighted by atomic mass is 19.4. The van der Waals surface area contributed by atoms with Gasteiger partial charge in [-0.05, 0) is 0 Å². The SMILES string of the molecule is FC([C@H]1CO1)C(F)(F)F. The van der Waals surface area contributed by atoms with Crippen LogP contribution in [-0.2, 0) is 4.74 Å². The van der Waals surface area contributed by atoms with Gasteiger partial charge in [0.2, 0.25) is 6.17 Å². The lowest BCUT2D eigenvalue weighted by molar-refractivity contribution is -0.185. The van der Waals surface area contributed by atoms with Crippen LogP contribution in [0.3, 0.4) is 0 Å². The number of hydrogen-bond donors (Lipinski definition) is 0. The molecule has 0 aromatic carbocycles. The maximum absolute atomic E-state index is 11.8. The lowest BCUT2D eigenvalue weighted by Crippen LogP contribution is -2.29. The molecule has 0 aliphatic carbocycles. The summed E-state index contributed by atoms with van der Waals surface area (Å²) in [6, 6.07) is 0. The monoisotopic (exact) mass is 144 g/mol. The Balaban J connectivity index is 2.40. The Morgan fingerprint density at radius 2 is 1.89 bits per heavy atom. The molecular formula is C4H4F4O. The Bertz CT molecular complexity index is 106. The molecule has 0 aromatic heterocycles. The lowest BCUT2D eigenvalue weighted by atomic mass is 10.3. The van der Waals surface area contributed by atoms with Crippen LogP contribution in [0.1, 0.15) is 0 Å². The minimum atomic E-state index is -4.75. The van der Waals surface area contributed by atoms with Gasteiger partial charge in [-0.25, -0.2) is 4.39 Å². The first-order valence-electron chi connectivity index (χ1n) is 2.34. The van der Waals surface area contributed by atoms with Crippen LogP contribution >= 0.6 is 0 Å². The Hall–Kier alpha value is -0.320. The fourth-order valence-electron chi connectivity index (χ4n) is 0.435. The van der Waals surface area contributed by atoms with Crippen LogP contribution in [0.4, 0.5) is 17.6 Å². The Morgan fingerprint density at radius 1 is 1.44 bits per heavy atom. The number of rotatable bonds is 1. The lowest BCUT2D eigenvalue weighted by Gasteiger charge is -2.07. The zero-order chi connectivity index (χ0) is 7.07. The highest BCUT2D eigenvalue weighted by molar-refractivity contribution is 4.83. The smallest absolute Gasteiger partial charge is 0.370 e. The molecule has 0 bridgehead atoms. The number of ether oxygens (including phenoxy) is 1. The molecule has 0 saturated carbocycles. The highest BCUT2D eigenvalue weighted by Crippen LogP contribution is 2.31. The van der Waals surface area contributed by atoms with E-state index in [-0.39, 0.29) is 6.61 Å². The van der Waals surface area contributed by atoms with Crippen molar-refractivity contribution in [1.82, 2.24) is 0 Å². The predicted octanol–water partition coefficient (Wildman–Crippen LogP) is 1.29. The van der Waals surface area contributed by atoms with Crippen LogP contribution in [-0.4, -0.2) is 25.1 Å². The molecule has 9 heavy (non-hydrogen) atoms. The molecule has 1 nitrogen and oxygen atoms in total. The van der Waals surface area contributed by atoms with E-state index < -0.39 is 18.5 Å². The molecule has 0 N–H and O–H groups in total. The third-order valence-electron chi connectivity index (χ3n) is 0.998. The molecule has 0 amide bonds. The third kappa shape index (κ3) is 1.54. The van der Waals surface area contributed by atoms with E-state index in [4.69, 9.17) is 0 Å². The molecule has 0 radical (unpaired) electrons. The van der Waals surface area contributed by atoms with Crippen molar-refractivity contribution in [3.05, 3.63) is 0 Å². The van der Waals surface area contributed by atoms with E-state index >= 15 is 0 Å². The first-order chi connectivity index (χ1) is 4.02. The maximum Gasteiger partial charge on any atom is 0.422 e. The number of hydrogen-bond acceptors (Lipinski definition) is 1. The molecule has 0 aromatic rings. The van der Waals surface area contributed by atoms with Gasteiger partial charge in [0.1, 0.15) is 6.10 Å². The van der Waals surface area contributed by atoms with Gasteiger partial charge in [-0.15, -0.1) is 0 Å². The van der Waals surface area contributed by atoms with Gasteiger partial charge in [-0.1, -0.05) is 0 Å². The van der Waals surface area contributed by atoms with Crippen molar-refractivity contribution in [1.29, 1.82) is 0 Å². The van der Waals surface area contributed by atoms with Gasteiger partial charge in [0.05, 0.1) is 6.61 Å². The standard InChI is InChI=1S/C4H4F4O/c5-3(2-1-9-2)4(6,7)8/h2-3H,1H2/t2-,3?/m1/s1. The van der Waals surface area contributed by atoms with Gasteiger partial charge in [0, 0.05) is 0 Å². The fraction of sp³-hybridized carbons (Fsp3) is 1.00. The maximum atomic E-state index is 11.8. The molecular weight excluding hydrogens is 140 g/mol. The average molecular weight is 144 g/mol. The molecule has 1 fully saturated rings. The Kier molecular flexibility index (Phi) is 1.38. The van der Waals surface area contributed by atoms with Crippen molar-refractivity contribution in [2.24, 2.45) is 0 Å². The summed E-state index contributed by atoms with van der Waals surface area (Å²) in [5.74, 6) is 0. The molecule has 1 aliphatic rings. The summed E-state index contributed by atoms with van der Waals surface area (Å²) in [5, 5.41) is 0. The Morgan fingerprint density at radius 3 is 2.00 bits per heavy atom. The van der Waals surface area contributed by atoms with Gasteiger partial charge < -0.3 is 4.74 Å². The van der Waals surface area contributed by atoms with E-state index in [9.17, 15) is 17.6 Å². The van der Waals surface area contributed by atoms with E-state index in [1.54, 1.807) is 0 Å². The summed E-state index contributed by atoms with van der Waals surface area (Å²) < 4.78 is 49.8. The molecule has 54 valence electrons. The van der Waals surface area contributed by atoms with Crippen molar-refractivity contribution in [2.75, 3.05) is 6.61 Å². The quantitative estimate of drug-likeness (QED) is 0.399. The molecule has 1 saturated heterocycles. The van der Waals surface area contributed by atoms with E-state index in [2.05, 4.69) is 4.74 Å². The molecule has 0 spiro atoms. The van der Waals surface area contributed by atoms with E-state index in [0.29, 0.717) is 0 Å². The summed E-state index contributed by atoms with van der Waals surface area (Å²) in [4.78, 5) is 0.